The number of benzene rings is 2. The predicted octanol–water partition coefficient (Wildman–Crippen LogP) is 6.21. The fraction of sp³-hybridized carbons (Fsp3) is 0.531. The highest BCUT2D eigenvalue weighted by atomic mass is 32.2. The molecule has 2 saturated heterocycles. The standard InChI is InChI=1S/C32H38F2N4O3S.H2/c33-24-10-6-11-25(34)29(24)31-38(20-21-7-2-1-3-8-21)30(40)27(42-31)19-28(39)36-16-14-23(15-17-36)37-18-13-22-9-4-5-12-26(22)35-32(37)41;/h4-6,9-12,21,23,27,31H,1-3,7-8,13-20H2,(H,35,41);1H. The molecular weight excluding hydrogens is 558 g/mol. The van der Waals surface area contributed by atoms with Crippen LogP contribution in [0.2, 0.25) is 0 Å². The molecule has 0 radical (unpaired) electrons. The van der Waals surface area contributed by atoms with Crippen molar-refractivity contribution in [3.8, 4) is 0 Å². The second-order valence-corrected chi connectivity index (χ2v) is 13.2. The van der Waals surface area contributed by atoms with Crippen LogP contribution in [0.25, 0.3) is 0 Å². The van der Waals surface area contributed by atoms with E-state index in [1.807, 2.05) is 29.2 Å². The lowest BCUT2D eigenvalue weighted by atomic mass is 9.88. The SMILES string of the molecule is O=C(CC1SC(c2c(F)cccc2F)N(CC2CCCCC2)C1=O)N1CCC(N2CCc3ccccc3NC2=O)CC1.[HH]. The van der Waals surface area contributed by atoms with Crippen LogP contribution in [0.4, 0.5) is 19.3 Å². The Balaban J connectivity index is 0.00000368. The van der Waals surface area contributed by atoms with Crippen molar-refractivity contribution in [3.05, 3.63) is 65.2 Å². The Hall–Kier alpha value is -3.14. The first-order chi connectivity index (χ1) is 20.4. The van der Waals surface area contributed by atoms with Gasteiger partial charge in [-0.2, -0.15) is 0 Å². The van der Waals surface area contributed by atoms with Crippen molar-refractivity contribution in [2.24, 2.45) is 5.92 Å². The summed E-state index contributed by atoms with van der Waals surface area (Å²) < 4.78 is 29.8. The van der Waals surface area contributed by atoms with Crippen LogP contribution in [-0.4, -0.2) is 70.0 Å². The van der Waals surface area contributed by atoms with Gasteiger partial charge in [0.2, 0.25) is 11.8 Å². The fourth-order valence-corrected chi connectivity index (χ4v) is 8.48. The van der Waals surface area contributed by atoms with E-state index < -0.39 is 22.3 Å². The molecule has 3 aliphatic heterocycles. The van der Waals surface area contributed by atoms with Crippen molar-refractivity contribution >= 4 is 35.3 Å². The van der Waals surface area contributed by atoms with Gasteiger partial charge in [0, 0.05) is 45.8 Å². The summed E-state index contributed by atoms with van der Waals surface area (Å²) in [6.45, 7) is 2.09. The number of hydrogen-bond acceptors (Lipinski definition) is 4. The van der Waals surface area contributed by atoms with Crippen molar-refractivity contribution in [2.45, 2.75) is 74.5 Å². The van der Waals surface area contributed by atoms with Gasteiger partial charge in [-0.05, 0) is 61.8 Å². The molecule has 42 heavy (non-hydrogen) atoms. The molecule has 1 saturated carbocycles. The van der Waals surface area contributed by atoms with E-state index in [2.05, 4.69) is 5.32 Å². The van der Waals surface area contributed by atoms with Crippen LogP contribution < -0.4 is 5.32 Å². The number of carbonyl (C=O) groups excluding carboxylic acids is 3. The number of para-hydroxylation sites is 1. The van der Waals surface area contributed by atoms with Crippen LogP contribution in [0, 0.1) is 17.6 Å². The van der Waals surface area contributed by atoms with Gasteiger partial charge in [0.25, 0.3) is 0 Å². The number of piperidine rings is 1. The average Bonchev–Trinajstić information content (AvgIpc) is 3.17. The van der Waals surface area contributed by atoms with Gasteiger partial charge in [-0.3, -0.25) is 9.59 Å². The van der Waals surface area contributed by atoms with Gasteiger partial charge in [-0.1, -0.05) is 43.5 Å². The molecule has 2 aromatic rings. The molecule has 226 valence electrons. The highest BCUT2D eigenvalue weighted by Crippen LogP contribution is 2.47. The van der Waals surface area contributed by atoms with Crippen molar-refractivity contribution in [1.29, 1.82) is 0 Å². The number of nitrogens with one attached hydrogen (secondary N) is 1. The van der Waals surface area contributed by atoms with Crippen LogP contribution in [-0.2, 0) is 16.0 Å². The van der Waals surface area contributed by atoms with Crippen LogP contribution in [0.15, 0.2) is 42.5 Å². The minimum absolute atomic E-state index is 0. The van der Waals surface area contributed by atoms with Gasteiger partial charge in [-0.15, -0.1) is 11.8 Å². The summed E-state index contributed by atoms with van der Waals surface area (Å²) in [5, 5.41) is 1.56. The molecule has 1 N–H and O–H groups in total. The molecule has 10 heteroatoms. The minimum Gasteiger partial charge on any atom is -0.342 e. The van der Waals surface area contributed by atoms with E-state index in [0.717, 1.165) is 43.4 Å². The lowest BCUT2D eigenvalue weighted by Crippen LogP contribution is -2.50. The molecule has 2 unspecified atom stereocenters. The highest BCUT2D eigenvalue weighted by Gasteiger charge is 2.45. The van der Waals surface area contributed by atoms with Crippen molar-refractivity contribution < 1.29 is 24.6 Å². The third-order valence-corrected chi connectivity index (χ3v) is 10.8. The lowest BCUT2D eigenvalue weighted by Gasteiger charge is -2.38. The van der Waals surface area contributed by atoms with E-state index in [1.54, 1.807) is 9.80 Å². The van der Waals surface area contributed by atoms with E-state index in [9.17, 15) is 23.2 Å². The summed E-state index contributed by atoms with van der Waals surface area (Å²) in [5.74, 6) is -1.35. The molecule has 0 bridgehead atoms. The van der Waals surface area contributed by atoms with E-state index in [0.29, 0.717) is 44.9 Å². The molecule has 1 aliphatic carbocycles. The van der Waals surface area contributed by atoms with Crippen LogP contribution in [0.5, 0.6) is 0 Å². The maximum atomic E-state index is 14.9. The molecule has 2 aromatic carbocycles. The minimum atomic E-state index is -0.783. The lowest BCUT2D eigenvalue weighted by molar-refractivity contribution is -0.137. The zero-order valence-corrected chi connectivity index (χ0v) is 24.6. The van der Waals surface area contributed by atoms with Crippen molar-refractivity contribution in [3.63, 3.8) is 0 Å². The number of urea groups is 1. The zero-order chi connectivity index (χ0) is 29.2. The normalized spacial score (nSPS) is 24.0. The van der Waals surface area contributed by atoms with E-state index in [-0.39, 0.29) is 37.3 Å². The topological polar surface area (TPSA) is 73.0 Å². The Labute approximate surface area is 251 Å². The Bertz CT molecular complexity index is 1320. The van der Waals surface area contributed by atoms with Gasteiger partial charge in [0.05, 0.1) is 10.8 Å². The molecular formula is C32H40F2N4O3S. The molecule has 0 aromatic heterocycles. The van der Waals surface area contributed by atoms with Crippen LogP contribution >= 0.6 is 11.8 Å². The third-order valence-electron chi connectivity index (χ3n) is 9.32. The van der Waals surface area contributed by atoms with Crippen LogP contribution in [0.3, 0.4) is 0 Å². The first-order valence-electron chi connectivity index (χ1n) is 15.2. The quantitative estimate of drug-likeness (QED) is 0.430. The maximum absolute atomic E-state index is 14.9. The summed E-state index contributed by atoms with van der Waals surface area (Å²) in [6.07, 6.45) is 7.48. The summed E-state index contributed by atoms with van der Waals surface area (Å²) in [5.41, 5.74) is 1.87. The largest absolute Gasteiger partial charge is 0.342 e. The van der Waals surface area contributed by atoms with Gasteiger partial charge in [-0.25, -0.2) is 13.6 Å². The van der Waals surface area contributed by atoms with Gasteiger partial charge >= 0.3 is 6.03 Å². The first kappa shape index (κ1) is 29.0. The Kier molecular flexibility index (Phi) is 8.70. The van der Waals surface area contributed by atoms with E-state index >= 15 is 0 Å². The molecule has 2 atom stereocenters. The summed E-state index contributed by atoms with van der Waals surface area (Å²) in [6, 6.07) is 11.6. The van der Waals surface area contributed by atoms with Gasteiger partial charge in [0.1, 0.15) is 17.0 Å². The number of fused-ring (bicyclic) bond motifs is 1. The second-order valence-electron chi connectivity index (χ2n) is 12.0. The van der Waals surface area contributed by atoms with Crippen molar-refractivity contribution in [1.82, 2.24) is 14.7 Å². The summed E-state index contributed by atoms with van der Waals surface area (Å²) in [4.78, 5) is 45.3. The number of carbonyl (C=O) groups is 3. The third kappa shape index (κ3) is 6.00. The monoisotopic (exact) mass is 598 g/mol. The number of likely N-dealkylation sites (tertiary alicyclic amines) is 1. The number of hydrogen-bond donors (Lipinski definition) is 1. The molecule has 0 spiro atoms. The Morgan fingerprint density at radius 2 is 1.64 bits per heavy atom. The maximum Gasteiger partial charge on any atom is 0.322 e. The summed E-state index contributed by atoms with van der Waals surface area (Å²) in [7, 11) is 0. The molecule has 4 aliphatic rings. The fourth-order valence-electron chi connectivity index (χ4n) is 6.98. The molecule has 4 amide bonds. The number of anilines is 1. The van der Waals surface area contributed by atoms with Gasteiger partial charge in [0.15, 0.2) is 0 Å². The van der Waals surface area contributed by atoms with E-state index in [4.69, 9.17) is 0 Å². The molecule has 6 rings (SSSR count). The number of thioether (sulfide) groups is 1. The number of rotatable bonds is 6. The Morgan fingerprint density at radius 1 is 0.929 bits per heavy atom. The van der Waals surface area contributed by atoms with Gasteiger partial charge < -0.3 is 20.0 Å². The smallest absolute Gasteiger partial charge is 0.322 e. The van der Waals surface area contributed by atoms with E-state index in [1.165, 1.54) is 36.4 Å². The highest BCUT2D eigenvalue weighted by molar-refractivity contribution is 8.01. The van der Waals surface area contributed by atoms with Crippen molar-refractivity contribution in [2.75, 3.05) is 31.5 Å². The Morgan fingerprint density at radius 3 is 2.38 bits per heavy atom. The first-order valence-corrected chi connectivity index (χ1v) is 16.2. The molecule has 3 heterocycles. The number of amides is 4. The predicted molar refractivity (Wildman–Crippen MR) is 161 cm³/mol. The van der Waals surface area contributed by atoms with Crippen LogP contribution in [0.1, 0.15) is 69.3 Å². The zero-order valence-electron chi connectivity index (χ0n) is 23.8. The number of halogens is 2. The number of nitrogens with zero attached hydrogens (tertiary/aromatic N) is 3. The average molecular weight is 599 g/mol. The second kappa shape index (κ2) is 12.6. The molecule has 3 fully saturated rings. The molecule has 7 nitrogen and oxygen atoms in total. The summed E-state index contributed by atoms with van der Waals surface area (Å²) >= 11 is 1.20.